The van der Waals surface area contributed by atoms with Gasteiger partial charge in [-0.2, -0.15) is 0 Å². The standard InChI is InChI=1S/C23H16BN3O2/c28-24(29)23-26-21(19-11-9-15-5-1-3-7-17(15)13-19)25-22(27-23)20-12-10-16-6-2-4-8-18(16)14-20/h1-14,28-29H. The summed E-state index contributed by atoms with van der Waals surface area (Å²) in [5.74, 6) is 0.800. The zero-order chi connectivity index (χ0) is 19.8. The normalized spacial score (nSPS) is 11.1. The van der Waals surface area contributed by atoms with Gasteiger partial charge in [0.05, 0.1) is 0 Å². The third kappa shape index (κ3) is 3.35. The molecule has 0 bridgehead atoms. The summed E-state index contributed by atoms with van der Waals surface area (Å²) in [4.78, 5) is 13.2. The Hall–Kier alpha value is -3.61. The van der Waals surface area contributed by atoms with Gasteiger partial charge in [0.2, 0.25) is 0 Å². The van der Waals surface area contributed by atoms with Gasteiger partial charge in [-0.1, -0.05) is 72.8 Å². The van der Waals surface area contributed by atoms with Crippen LogP contribution in [0.4, 0.5) is 0 Å². The Bertz CT molecular complexity index is 1260. The Kier molecular flexibility index (Phi) is 4.28. The first-order valence-electron chi connectivity index (χ1n) is 9.28. The highest BCUT2D eigenvalue weighted by Crippen LogP contribution is 2.25. The molecule has 0 saturated heterocycles. The van der Waals surface area contributed by atoms with Crippen molar-refractivity contribution in [1.82, 2.24) is 15.0 Å². The molecule has 0 amide bonds. The Morgan fingerprint density at radius 3 is 1.41 bits per heavy atom. The fourth-order valence-corrected chi connectivity index (χ4v) is 3.42. The first-order valence-corrected chi connectivity index (χ1v) is 9.28. The van der Waals surface area contributed by atoms with Crippen LogP contribution in [0.25, 0.3) is 44.3 Å². The van der Waals surface area contributed by atoms with E-state index in [0.717, 1.165) is 32.7 Å². The van der Waals surface area contributed by atoms with Crippen molar-refractivity contribution in [3.8, 4) is 22.8 Å². The zero-order valence-corrected chi connectivity index (χ0v) is 15.4. The second-order valence-electron chi connectivity index (χ2n) is 6.84. The highest BCUT2D eigenvalue weighted by molar-refractivity contribution is 6.56. The van der Waals surface area contributed by atoms with E-state index in [-0.39, 0.29) is 5.72 Å². The van der Waals surface area contributed by atoms with Gasteiger partial charge < -0.3 is 10.0 Å². The maximum Gasteiger partial charge on any atom is 0.528 e. The molecule has 0 aliphatic carbocycles. The molecule has 5 aromatic rings. The van der Waals surface area contributed by atoms with Crippen molar-refractivity contribution >= 4 is 34.4 Å². The summed E-state index contributed by atoms with van der Waals surface area (Å²) in [6, 6.07) is 27.9. The van der Waals surface area contributed by atoms with E-state index in [2.05, 4.69) is 15.0 Å². The minimum atomic E-state index is -1.78. The molecule has 2 N–H and O–H groups in total. The third-order valence-corrected chi connectivity index (χ3v) is 4.90. The van der Waals surface area contributed by atoms with Gasteiger partial charge in [-0.3, -0.25) is 0 Å². The second-order valence-corrected chi connectivity index (χ2v) is 6.84. The predicted molar refractivity (Wildman–Crippen MR) is 116 cm³/mol. The van der Waals surface area contributed by atoms with Crippen molar-refractivity contribution in [2.45, 2.75) is 0 Å². The molecular formula is C23H16BN3O2. The number of nitrogens with zero attached hydrogens (tertiary/aromatic N) is 3. The van der Waals surface area contributed by atoms with E-state index in [1.54, 1.807) is 0 Å². The summed E-state index contributed by atoms with van der Waals surface area (Å²) >= 11 is 0. The van der Waals surface area contributed by atoms with Crippen molar-refractivity contribution in [2.24, 2.45) is 0 Å². The number of hydrogen-bond donors (Lipinski definition) is 2. The quantitative estimate of drug-likeness (QED) is 0.472. The Morgan fingerprint density at radius 2 is 0.966 bits per heavy atom. The molecule has 5 nitrogen and oxygen atoms in total. The van der Waals surface area contributed by atoms with Crippen LogP contribution in [0, 0.1) is 0 Å². The summed E-state index contributed by atoms with van der Waals surface area (Å²) in [5.41, 5.74) is 1.50. The van der Waals surface area contributed by atoms with Crippen molar-refractivity contribution in [1.29, 1.82) is 0 Å². The average molecular weight is 377 g/mol. The lowest BCUT2D eigenvalue weighted by Gasteiger charge is -2.09. The van der Waals surface area contributed by atoms with E-state index < -0.39 is 7.12 Å². The smallest absolute Gasteiger partial charge is 0.421 e. The molecule has 0 atom stereocenters. The van der Waals surface area contributed by atoms with Crippen LogP contribution in [-0.2, 0) is 0 Å². The molecule has 138 valence electrons. The van der Waals surface area contributed by atoms with Gasteiger partial charge in [-0.05, 0) is 33.7 Å². The molecule has 0 aliphatic rings. The van der Waals surface area contributed by atoms with Crippen molar-refractivity contribution in [2.75, 3.05) is 0 Å². The lowest BCUT2D eigenvalue weighted by Crippen LogP contribution is -2.36. The van der Waals surface area contributed by atoms with Gasteiger partial charge in [0.15, 0.2) is 17.4 Å². The SMILES string of the molecule is OB(O)c1nc(-c2ccc3ccccc3c2)nc(-c2ccc3ccccc3c2)n1. The molecule has 0 spiro atoms. The van der Waals surface area contributed by atoms with Crippen LogP contribution < -0.4 is 5.72 Å². The lowest BCUT2D eigenvalue weighted by atomic mass is 9.90. The summed E-state index contributed by atoms with van der Waals surface area (Å²) in [5, 5.41) is 23.8. The largest absolute Gasteiger partial charge is 0.528 e. The average Bonchev–Trinajstić information content (AvgIpc) is 2.78. The van der Waals surface area contributed by atoms with Crippen molar-refractivity contribution in [3.63, 3.8) is 0 Å². The van der Waals surface area contributed by atoms with E-state index >= 15 is 0 Å². The first-order chi connectivity index (χ1) is 14.2. The summed E-state index contributed by atoms with van der Waals surface area (Å²) in [6.07, 6.45) is 0. The van der Waals surface area contributed by atoms with E-state index in [4.69, 9.17) is 0 Å². The number of rotatable bonds is 3. The molecule has 0 unspecified atom stereocenters. The molecule has 0 fully saturated rings. The van der Waals surface area contributed by atoms with Crippen LogP contribution in [0.1, 0.15) is 0 Å². The summed E-state index contributed by atoms with van der Waals surface area (Å²) in [6.45, 7) is 0. The summed E-state index contributed by atoms with van der Waals surface area (Å²) < 4.78 is 0. The van der Waals surface area contributed by atoms with E-state index in [0.29, 0.717) is 11.6 Å². The van der Waals surface area contributed by atoms with Gasteiger partial charge in [-0.15, -0.1) is 0 Å². The maximum absolute atomic E-state index is 9.71. The van der Waals surface area contributed by atoms with Crippen LogP contribution in [0.5, 0.6) is 0 Å². The van der Waals surface area contributed by atoms with Gasteiger partial charge in [0.1, 0.15) is 0 Å². The van der Waals surface area contributed by atoms with Gasteiger partial charge in [0, 0.05) is 11.1 Å². The zero-order valence-electron chi connectivity index (χ0n) is 15.4. The number of fused-ring (bicyclic) bond motifs is 2. The topological polar surface area (TPSA) is 79.1 Å². The van der Waals surface area contributed by atoms with E-state index in [1.165, 1.54) is 0 Å². The molecule has 1 heterocycles. The van der Waals surface area contributed by atoms with Crippen LogP contribution in [-0.4, -0.2) is 32.1 Å². The fourth-order valence-electron chi connectivity index (χ4n) is 3.42. The van der Waals surface area contributed by atoms with Crippen LogP contribution >= 0.6 is 0 Å². The Balaban J connectivity index is 1.68. The van der Waals surface area contributed by atoms with Gasteiger partial charge in [0.25, 0.3) is 0 Å². The molecule has 4 aromatic carbocycles. The third-order valence-electron chi connectivity index (χ3n) is 4.90. The summed E-state index contributed by atoms with van der Waals surface area (Å²) in [7, 11) is -1.78. The van der Waals surface area contributed by atoms with Gasteiger partial charge >= 0.3 is 7.12 Å². The van der Waals surface area contributed by atoms with Crippen molar-refractivity contribution < 1.29 is 10.0 Å². The van der Waals surface area contributed by atoms with E-state index in [1.807, 2.05) is 84.9 Å². The molecule has 6 heteroatoms. The monoisotopic (exact) mass is 377 g/mol. The highest BCUT2D eigenvalue weighted by atomic mass is 16.4. The molecule has 5 rings (SSSR count). The minimum Gasteiger partial charge on any atom is -0.421 e. The molecule has 0 aliphatic heterocycles. The first kappa shape index (κ1) is 17.5. The van der Waals surface area contributed by atoms with Gasteiger partial charge in [-0.25, -0.2) is 15.0 Å². The Labute approximate surface area is 167 Å². The minimum absolute atomic E-state index is 0.0775. The number of aromatic nitrogens is 3. The predicted octanol–water partition coefficient (Wildman–Crippen LogP) is 3.19. The molecular weight excluding hydrogens is 361 g/mol. The fraction of sp³-hybridized carbons (Fsp3) is 0. The van der Waals surface area contributed by atoms with Crippen molar-refractivity contribution in [3.05, 3.63) is 84.9 Å². The second kappa shape index (κ2) is 7.09. The molecule has 1 aromatic heterocycles. The van der Waals surface area contributed by atoms with Crippen LogP contribution in [0.2, 0.25) is 0 Å². The lowest BCUT2D eigenvalue weighted by molar-refractivity contribution is 0.422. The maximum atomic E-state index is 9.71. The molecule has 0 radical (unpaired) electrons. The van der Waals surface area contributed by atoms with E-state index in [9.17, 15) is 10.0 Å². The number of benzene rings is 4. The number of hydrogen-bond acceptors (Lipinski definition) is 5. The molecule has 0 saturated carbocycles. The van der Waals surface area contributed by atoms with Crippen LogP contribution in [0.15, 0.2) is 84.9 Å². The molecule has 29 heavy (non-hydrogen) atoms. The van der Waals surface area contributed by atoms with Crippen LogP contribution in [0.3, 0.4) is 0 Å². The Morgan fingerprint density at radius 1 is 0.517 bits per heavy atom. The highest BCUT2D eigenvalue weighted by Gasteiger charge is 2.20.